The van der Waals surface area contributed by atoms with Gasteiger partial charge in [-0.3, -0.25) is 9.59 Å². The molecule has 5 heteroatoms. The fraction of sp³-hybridized carbons (Fsp3) is 0.300. The molecule has 0 bridgehead atoms. The Morgan fingerprint density at radius 3 is 2.80 bits per heavy atom. The largest absolute Gasteiger partial charge is 0.489 e. The number of carbonyl (C=O) groups excluding carboxylic acids is 2. The van der Waals surface area contributed by atoms with Gasteiger partial charge in [-0.05, 0) is 54.7 Å². The number of alkyl halides is 2. The molecular weight excluding hydrogens is 448 g/mol. The van der Waals surface area contributed by atoms with E-state index in [0.29, 0.717) is 23.2 Å². The fourth-order valence-corrected chi connectivity index (χ4v) is 3.71. The minimum atomic E-state index is -0.107. The van der Waals surface area contributed by atoms with Gasteiger partial charge in [0.15, 0.2) is 11.6 Å². The smallest absolute Gasteiger partial charge is 0.176 e. The van der Waals surface area contributed by atoms with Crippen molar-refractivity contribution in [3.05, 3.63) is 64.2 Å². The number of Topliss-reactive ketones (excluding diaryl/α,β-unsaturated/α-hetero) is 2. The van der Waals surface area contributed by atoms with Crippen molar-refractivity contribution in [1.82, 2.24) is 0 Å². The third-order valence-electron chi connectivity index (χ3n) is 4.49. The first-order valence-corrected chi connectivity index (χ1v) is 10.2. The van der Waals surface area contributed by atoms with E-state index >= 15 is 0 Å². The molecule has 0 aliphatic heterocycles. The van der Waals surface area contributed by atoms with Gasteiger partial charge in [-0.25, -0.2) is 0 Å². The Bertz CT molecular complexity index is 830. The summed E-state index contributed by atoms with van der Waals surface area (Å²) in [6.07, 6.45) is 1.73. The van der Waals surface area contributed by atoms with E-state index in [2.05, 4.69) is 31.9 Å². The molecule has 25 heavy (non-hydrogen) atoms. The molecule has 0 heterocycles. The number of fused-ring (bicyclic) bond motifs is 1. The molecule has 0 saturated carbocycles. The molecule has 0 N–H and O–H groups in total. The molecule has 1 aliphatic rings. The number of hydrogen-bond acceptors (Lipinski definition) is 3. The van der Waals surface area contributed by atoms with Crippen LogP contribution in [-0.4, -0.2) is 21.7 Å². The van der Waals surface area contributed by atoms with Gasteiger partial charge in [-0.15, -0.1) is 0 Å². The highest BCUT2D eigenvalue weighted by Gasteiger charge is 2.25. The quantitative estimate of drug-likeness (QED) is 0.458. The summed E-state index contributed by atoms with van der Waals surface area (Å²) in [6.45, 7) is 2.35. The zero-order valence-electron chi connectivity index (χ0n) is 13.9. The molecule has 0 spiro atoms. The standard InChI is InChI=1S/C20H18Br2O3/c1-12-2-3-14(19(23)10-21)8-15(12)11-25-16-6-4-13-5-7-18(22)20(24)17(13)9-16/h2-4,6,8-9,18H,5,7,10-11H2,1H3. The van der Waals surface area contributed by atoms with Crippen molar-refractivity contribution in [3.8, 4) is 5.75 Å². The predicted molar refractivity (Wildman–Crippen MR) is 105 cm³/mol. The van der Waals surface area contributed by atoms with E-state index in [9.17, 15) is 9.59 Å². The van der Waals surface area contributed by atoms with Gasteiger partial charge in [0.25, 0.3) is 0 Å². The average Bonchev–Trinajstić information content (AvgIpc) is 2.63. The summed E-state index contributed by atoms with van der Waals surface area (Å²) in [5.41, 5.74) is 4.53. The molecule has 2 aromatic carbocycles. The third kappa shape index (κ3) is 4.04. The monoisotopic (exact) mass is 464 g/mol. The van der Waals surface area contributed by atoms with Gasteiger partial charge >= 0.3 is 0 Å². The Kier molecular flexibility index (Phi) is 5.74. The van der Waals surface area contributed by atoms with Crippen LogP contribution in [0.2, 0.25) is 0 Å². The fourth-order valence-electron chi connectivity index (χ4n) is 2.91. The Morgan fingerprint density at radius 2 is 2.04 bits per heavy atom. The average molecular weight is 466 g/mol. The summed E-state index contributed by atoms with van der Waals surface area (Å²) < 4.78 is 5.90. The van der Waals surface area contributed by atoms with E-state index in [1.807, 2.05) is 43.3 Å². The zero-order chi connectivity index (χ0) is 18.0. The molecule has 0 radical (unpaired) electrons. The third-order valence-corrected chi connectivity index (χ3v) is 5.87. The molecular formula is C20H18Br2O3. The van der Waals surface area contributed by atoms with Crippen LogP contribution in [0.3, 0.4) is 0 Å². The highest BCUT2D eigenvalue weighted by Crippen LogP contribution is 2.29. The van der Waals surface area contributed by atoms with Gasteiger partial charge in [0.1, 0.15) is 12.4 Å². The number of benzene rings is 2. The van der Waals surface area contributed by atoms with Crippen LogP contribution in [-0.2, 0) is 13.0 Å². The van der Waals surface area contributed by atoms with Crippen molar-refractivity contribution in [2.75, 3.05) is 5.33 Å². The molecule has 2 aromatic rings. The first-order valence-electron chi connectivity index (χ1n) is 8.12. The summed E-state index contributed by atoms with van der Waals surface area (Å²) in [4.78, 5) is 24.0. The Labute approximate surface area is 164 Å². The lowest BCUT2D eigenvalue weighted by Gasteiger charge is -2.20. The van der Waals surface area contributed by atoms with Crippen molar-refractivity contribution >= 4 is 43.4 Å². The zero-order valence-corrected chi connectivity index (χ0v) is 17.0. The van der Waals surface area contributed by atoms with Crippen LogP contribution in [0.15, 0.2) is 36.4 Å². The number of hydrogen-bond donors (Lipinski definition) is 0. The van der Waals surface area contributed by atoms with Crippen LogP contribution < -0.4 is 4.74 Å². The second-order valence-corrected chi connectivity index (χ2v) is 7.84. The van der Waals surface area contributed by atoms with Gasteiger partial charge in [0.05, 0.1) is 10.2 Å². The molecule has 1 atom stereocenters. The first kappa shape index (κ1) is 18.3. The highest BCUT2D eigenvalue weighted by molar-refractivity contribution is 9.10. The van der Waals surface area contributed by atoms with Crippen molar-refractivity contribution < 1.29 is 14.3 Å². The second-order valence-electron chi connectivity index (χ2n) is 6.18. The van der Waals surface area contributed by atoms with Crippen LogP contribution in [0.5, 0.6) is 5.75 Å². The van der Waals surface area contributed by atoms with Crippen LogP contribution in [0.4, 0.5) is 0 Å². The molecule has 1 unspecified atom stereocenters. The lowest BCUT2D eigenvalue weighted by atomic mass is 9.90. The summed E-state index contributed by atoms with van der Waals surface area (Å²) in [5, 5.41) is 0.303. The van der Waals surface area contributed by atoms with Crippen LogP contribution in [0, 0.1) is 6.92 Å². The summed E-state index contributed by atoms with van der Waals surface area (Å²) in [7, 11) is 0. The normalized spacial score (nSPS) is 16.4. The molecule has 0 aromatic heterocycles. The van der Waals surface area contributed by atoms with E-state index in [-0.39, 0.29) is 16.4 Å². The number of carbonyl (C=O) groups is 2. The number of aryl methyl sites for hydroxylation is 2. The minimum absolute atomic E-state index is 0.0454. The van der Waals surface area contributed by atoms with Crippen LogP contribution >= 0.6 is 31.9 Å². The Hall–Kier alpha value is -1.46. The summed E-state index contributed by atoms with van der Waals surface area (Å²) >= 11 is 6.63. The van der Waals surface area contributed by atoms with E-state index in [0.717, 1.165) is 35.1 Å². The summed E-state index contributed by atoms with van der Waals surface area (Å²) in [6, 6.07) is 11.3. The van der Waals surface area contributed by atoms with E-state index in [1.165, 1.54) is 0 Å². The van der Waals surface area contributed by atoms with Gasteiger partial charge in [0, 0.05) is 11.1 Å². The van der Waals surface area contributed by atoms with Crippen molar-refractivity contribution in [3.63, 3.8) is 0 Å². The maximum atomic E-state index is 12.3. The van der Waals surface area contributed by atoms with Crippen molar-refractivity contribution in [2.45, 2.75) is 31.2 Å². The van der Waals surface area contributed by atoms with E-state index in [4.69, 9.17) is 4.74 Å². The van der Waals surface area contributed by atoms with Gasteiger partial charge in [-0.2, -0.15) is 0 Å². The SMILES string of the molecule is Cc1ccc(C(=O)CBr)cc1COc1ccc2c(c1)C(=O)C(Br)CC2. The Morgan fingerprint density at radius 1 is 1.24 bits per heavy atom. The lowest BCUT2D eigenvalue weighted by molar-refractivity contribution is 0.0979. The second kappa shape index (κ2) is 7.83. The maximum Gasteiger partial charge on any atom is 0.176 e. The number of rotatable bonds is 5. The van der Waals surface area contributed by atoms with Crippen LogP contribution in [0.1, 0.15) is 43.8 Å². The number of ether oxygens (including phenoxy) is 1. The minimum Gasteiger partial charge on any atom is -0.489 e. The highest BCUT2D eigenvalue weighted by atomic mass is 79.9. The van der Waals surface area contributed by atoms with Crippen LogP contribution in [0.25, 0.3) is 0 Å². The van der Waals surface area contributed by atoms with Gasteiger partial charge in [0.2, 0.25) is 0 Å². The van der Waals surface area contributed by atoms with Crippen molar-refractivity contribution in [1.29, 1.82) is 0 Å². The van der Waals surface area contributed by atoms with Crippen molar-refractivity contribution in [2.24, 2.45) is 0 Å². The molecule has 0 amide bonds. The molecule has 0 fully saturated rings. The maximum absolute atomic E-state index is 12.3. The Balaban J connectivity index is 1.78. The summed E-state index contributed by atoms with van der Waals surface area (Å²) in [5.74, 6) is 0.835. The lowest BCUT2D eigenvalue weighted by Crippen LogP contribution is -2.22. The number of halogens is 2. The molecule has 3 nitrogen and oxygen atoms in total. The predicted octanol–water partition coefficient (Wildman–Crippen LogP) is 5.04. The topological polar surface area (TPSA) is 43.4 Å². The number of ketones is 2. The molecule has 3 rings (SSSR count). The van der Waals surface area contributed by atoms with Gasteiger partial charge in [-0.1, -0.05) is 50.1 Å². The van der Waals surface area contributed by atoms with E-state index < -0.39 is 0 Å². The van der Waals surface area contributed by atoms with Gasteiger partial charge < -0.3 is 4.74 Å². The molecule has 0 saturated heterocycles. The molecule has 130 valence electrons. The molecule has 1 aliphatic carbocycles. The first-order chi connectivity index (χ1) is 12.0. The van der Waals surface area contributed by atoms with E-state index in [1.54, 1.807) is 0 Å².